The van der Waals surface area contributed by atoms with Crippen LogP contribution in [0.25, 0.3) is 26.9 Å². The van der Waals surface area contributed by atoms with Gasteiger partial charge in [-0.2, -0.15) is 50.3 Å². The van der Waals surface area contributed by atoms with Gasteiger partial charge in [0.25, 0.3) is 11.5 Å². The van der Waals surface area contributed by atoms with E-state index < -0.39 is 140 Å². The van der Waals surface area contributed by atoms with E-state index in [1.807, 2.05) is 4.72 Å². The van der Waals surface area contributed by atoms with E-state index in [2.05, 4.69) is 25.5 Å². The summed E-state index contributed by atoms with van der Waals surface area (Å²) in [5.74, 6) is -11.3. The Morgan fingerprint density at radius 1 is 1.04 bits per heavy atom. The van der Waals surface area contributed by atoms with Crippen LogP contribution in [0.4, 0.5) is 54.9 Å². The molecule has 67 heavy (non-hydrogen) atoms. The number of thiazole rings is 1. The van der Waals surface area contributed by atoms with Gasteiger partial charge < -0.3 is 15.0 Å². The lowest BCUT2D eigenvalue weighted by molar-refractivity contribution is -0.142. The molecule has 2 aromatic carbocycles. The molecule has 6 aromatic rings. The molecule has 0 radical (unpaired) electrons. The van der Waals surface area contributed by atoms with Crippen molar-refractivity contribution in [2.24, 2.45) is 5.92 Å². The second kappa shape index (κ2) is 15.8. The molecule has 2 aliphatic carbocycles. The molecule has 1 aliphatic heterocycles. The molecule has 2 N–H and O–H groups in total. The van der Waals surface area contributed by atoms with E-state index >= 15 is 13.6 Å². The van der Waals surface area contributed by atoms with E-state index in [-0.39, 0.29) is 56.9 Å². The summed E-state index contributed by atoms with van der Waals surface area (Å²) in [5, 5.41) is 9.10. The van der Waals surface area contributed by atoms with Gasteiger partial charge >= 0.3 is 12.4 Å². The Labute approximate surface area is 379 Å². The molecule has 3 aliphatic rings. The molecule has 0 unspecified atom stereocenters. The number of aromatic nitrogens is 7. The third kappa shape index (κ3) is 8.77. The highest BCUT2D eigenvalue weighted by Crippen LogP contribution is 2.68. The van der Waals surface area contributed by atoms with Gasteiger partial charge in [-0.1, -0.05) is 22.9 Å². The number of anilines is 2. The number of hydrogen-bond acceptors (Lipinski definition) is 11. The molecule has 15 nitrogen and oxygen atoms in total. The Morgan fingerprint density at radius 3 is 2.39 bits per heavy atom. The van der Waals surface area contributed by atoms with Crippen LogP contribution in [-0.4, -0.2) is 86.2 Å². The average Bonchev–Trinajstić information content (AvgIpc) is 3.41. The van der Waals surface area contributed by atoms with Crippen molar-refractivity contribution >= 4 is 71.1 Å². The van der Waals surface area contributed by atoms with Crippen molar-refractivity contribution in [1.82, 2.24) is 39.4 Å². The number of benzene rings is 2. The number of sulfonamides is 1. The monoisotopic (exact) mass is 1010 g/mol. The zero-order valence-electron chi connectivity index (χ0n) is 34.7. The number of morpholine rings is 1. The predicted molar refractivity (Wildman–Crippen MR) is 221 cm³/mol. The van der Waals surface area contributed by atoms with Crippen LogP contribution in [0.15, 0.2) is 35.1 Å². The van der Waals surface area contributed by atoms with E-state index in [0.29, 0.717) is 17.0 Å². The predicted octanol–water partition coefficient (Wildman–Crippen LogP) is 7.20. The summed E-state index contributed by atoms with van der Waals surface area (Å²) in [6.45, 7) is 1.20. The number of nitrogens with zero attached hydrogens (tertiary/aromatic N) is 8. The lowest BCUT2D eigenvalue weighted by Crippen LogP contribution is -2.48. The van der Waals surface area contributed by atoms with Crippen LogP contribution in [0.2, 0.25) is 5.02 Å². The number of nitrogens with one attached hydrogen (secondary N) is 2. The van der Waals surface area contributed by atoms with E-state index in [1.165, 1.54) is 0 Å². The third-order valence-electron chi connectivity index (χ3n) is 11.3. The number of ether oxygens (including phenoxy) is 1. The summed E-state index contributed by atoms with van der Waals surface area (Å²) in [6.07, 6.45) is -10.5. The van der Waals surface area contributed by atoms with Crippen LogP contribution in [0.1, 0.15) is 60.6 Å². The fourth-order valence-corrected chi connectivity index (χ4v) is 10.5. The van der Waals surface area contributed by atoms with E-state index in [1.54, 1.807) is 18.7 Å². The van der Waals surface area contributed by atoms with Crippen molar-refractivity contribution < 1.29 is 61.9 Å². The first kappa shape index (κ1) is 46.6. The molecule has 2 fully saturated rings. The number of carbonyl (C=O) groups is 1. The molecule has 358 valence electrons. The van der Waals surface area contributed by atoms with Gasteiger partial charge in [0.2, 0.25) is 15.9 Å². The van der Waals surface area contributed by atoms with Crippen LogP contribution >= 0.6 is 22.9 Å². The Balaban J connectivity index is 1.27. The third-order valence-corrected chi connectivity index (χ3v) is 13.3. The van der Waals surface area contributed by atoms with E-state index in [4.69, 9.17) is 16.3 Å². The molecule has 1 saturated carbocycles. The normalized spacial score (nSPS) is 19.5. The maximum Gasteiger partial charge on any atom is 0.435 e. The van der Waals surface area contributed by atoms with Crippen LogP contribution < -0.4 is 20.5 Å². The standard InChI is InChI=1S/C39H33ClF10N10O5S2/c1-36(2)14-57(6-7-65-36)35-53-32-28(66-35)34(62)60(23-5-4-21(40)26-27(23)59(15-37(43,44)45)55-31(26)56-67(3,63)64)33(52-32)22(10-16-8-17(41)11-18(42)9-16)51-24(61)13-58-30-25(29(54-58)39(48,49)50)19-12-20(19)38(30,46)47/h4-5,8-9,11,19-20,22H,6-7,10,12-15H2,1-3H3,(H,51,61)(H,55,56)/t19-,20+,22-/m0/s1. The summed E-state index contributed by atoms with van der Waals surface area (Å²) in [6, 6.07) is 2.49. The lowest BCUT2D eigenvalue weighted by atomic mass is 10.0. The number of alkyl halides is 8. The molecule has 3 atom stereocenters. The maximum absolute atomic E-state index is 15.6. The Kier molecular flexibility index (Phi) is 11.0. The number of carbonyl (C=O) groups excluding carboxylic acids is 1. The summed E-state index contributed by atoms with van der Waals surface area (Å²) in [5.41, 5.74) is -6.87. The molecule has 5 heterocycles. The van der Waals surface area contributed by atoms with Crippen molar-refractivity contribution in [2.45, 2.75) is 75.6 Å². The maximum atomic E-state index is 15.6. The summed E-state index contributed by atoms with van der Waals surface area (Å²) >= 11 is 7.33. The van der Waals surface area contributed by atoms with Crippen molar-refractivity contribution in [1.29, 1.82) is 0 Å². The van der Waals surface area contributed by atoms with Crippen molar-refractivity contribution in [2.75, 3.05) is 35.6 Å². The highest BCUT2D eigenvalue weighted by molar-refractivity contribution is 7.92. The second-order valence-corrected chi connectivity index (χ2v) is 20.1. The van der Waals surface area contributed by atoms with Gasteiger partial charge in [0.1, 0.15) is 40.9 Å². The number of amides is 1. The molecule has 1 saturated heterocycles. The van der Waals surface area contributed by atoms with Gasteiger partial charge in [0.15, 0.2) is 22.3 Å². The molecular formula is C39H33ClF10N10O5S2. The van der Waals surface area contributed by atoms with Crippen LogP contribution in [-0.2, 0) is 51.2 Å². The smallest absolute Gasteiger partial charge is 0.372 e. The quantitative estimate of drug-likeness (QED) is 0.127. The minimum Gasteiger partial charge on any atom is -0.372 e. The first-order chi connectivity index (χ1) is 31.1. The van der Waals surface area contributed by atoms with Gasteiger partial charge in [-0.15, -0.1) is 0 Å². The fraction of sp³-hybridized carbons (Fsp3) is 0.436. The minimum absolute atomic E-state index is 0.211. The van der Waals surface area contributed by atoms with Gasteiger partial charge in [-0.05, 0) is 56.0 Å². The molecule has 4 aromatic heterocycles. The Hall–Kier alpha value is -5.54. The van der Waals surface area contributed by atoms with Gasteiger partial charge in [0.05, 0.1) is 46.1 Å². The first-order valence-electron chi connectivity index (χ1n) is 20.0. The molecule has 0 bridgehead atoms. The van der Waals surface area contributed by atoms with Crippen LogP contribution in [0.5, 0.6) is 0 Å². The SMILES string of the molecule is CC1(C)CN(c2nc3nc([C@H](Cc4cc(F)cc(F)c4)NC(=O)Cn4nc(C(F)(F)F)c5c4C(F)(F)[C@@H]4C[C@H]54)n(-c4ccc(Cl)c5c(NS(C)(=O)=O)nn(CC(F)(F)F)c45)c(=O)c3s2)CCO1. The van der Waals surface area contributed by atoms with Crippen molar-refractivity contribution in [3.05, 3.63) is 85.7 Å². The Bertz CT molecular complexity index is 3180. The summed E-state index contributed by atoms with van der Waals surface area (Å²) in [7, 11) is -4.26. The minimum atomic E-state index is -5.19. The fourth-order valence-electron chi connectivity index (χ4n) is 8.78. The number of rotatable bonds is 11. The highest BCUT2D eigenvalue weighted by Gasteiger charge is 2.68. The number of hydrogen-bond donors (Lipinski definition) is 2. The topological polar surface area (TPSA) is 171 Å². The van der Waals surface area contributed by atoms with Crippen LogP contribution in [0, 0.1) is 17.6 Å². The molecule has 9 rings (SSSR count). The molecule has 1 amide bonds. The number of halogens is 11. The average molecular weight is 1010 g/mol. The zero-order chi connectivity index (χ0) is 48.5. The van der Waals surface area contributed by atoms with Gasteiger partial charge in [-0.25, -0.2) is 22.2 Å². The molecule has 0 spiro atoms. The van der Waals surface area contributed by atoms with E-state index in [0.717, 1.165) is 40.2 Å². The van der Waals surface area contributed by atoms with Crippen LogP contribution in [0.3, 0.4) is 0 Å². The highest BCUT2D eigenvalue weighted by atomic mass is 35.5. The van der Waals surface area contributed by atoms with E-state index in [9.17, 15) is 48.3 Å². The van der Waals surface area contributed by atoms with Gasteiger partial charge in [-0.3, -0.25) is 28.2 Å². The molecule has 28 heteroatoms. The number of fused-ring (bicyclic) bond motifs is 5. The molecular weight excluding hydrogens is 978 g/mol. The lowest BCUT2D eigenvalue weighted by Gasteiger charge is -2.37. The second-order valence-electron chi connectivity index (χ2n) is 17.0. The zero-order valence-corrected chi connectivity index (χ0v) is 37.1. The van der Waals surface area contributed by atoms with Gasteiger partial charge in [0, 0.05) is 37.1 Å². The summed E-state index contributed by atoms with van der Waals surface area (Å²) in [4.78, 5) is 40.2. The van der Waals surface area contributed by atoms with Crippen molar-refractivity contribution in [3.63, 3.8) is 0 Å². The first-order valence-corrected chi connectivity index (χ1v) is 23.0. The largest absolute Gasteiger partial charge is 0.435 e. The summed E-state index contributed by atoms with van der Waals surface area (Å²) < 4.78 is 180. The van der Waals surface area contributed by atoms with Crippen molar-refractivity contribution in [3.8, 4) is 5.69 Å². The Morgan fingerprint density at radius 2 is 1.75 bits per heavy atom.